The van der Waals surface area contributed by atoms with Gasteiger partial charge in [0.25, 0.3) is 5.91 Å². The fraction of sp³-hybridized carbons (Fsp3) is 0.308. The molecule has 1 amide bonds. The summed E-state index contributed by atoms with van der Waals surface area (Å²) < 4.78 is 0. The van der Waals surface area contributed by atoms with Crippen molar-refractivity contribution in [1.82, 2.24) is 30.0 Å². The number of hydrogen-bond donors (Lipinski definition) is 2. The molecule has 0 radical (unpaired) electrons. The molecule has 5 rings (SSSR count). The number of nitrogens with one attached hydrogen (secondary N) is 2. The quantitative estimate of drug-likeness (QED) is 0.447. The van der Waals surface area contributed by atoms with E-state index in [1.165, 1.54) is 5.56 Å². The fourth-order valence-corrected chi connectivity index (χ4v) is 4.28. The van der Waals surface area contributed by atoms with Gasteiger partial charge >= 0.3 is 0 Å². The molecule has 0 spiro atoms. The van der Waals surface area contributed by atoms with E-state index in [0.29, 0.717) is 11.4 Å². The van der Waals surface area contributed by atoms with Crippen molar-refractivity contribution in [1.29, 1.82) is 0 Å². The molecule has 1 aromatic carbocycles. The van der Waals surface area contributed by atoms with Crippen molar-refractivity contribution in [3.63, 3.8) is 0 Å². The molecular formula is C26H30N8O. The van der Waals surface area contributed by atoms with Crippen LogP contribution in [0.25, 0.3) is 22.0 Å². The van der Waals surface area contributed by atoms with E-state index in [4.69, 9.17) is 0 Å². The van der Waals surface area contributed by atoms with Crippen molar-refractivity contribution in [2.24, 2.45) is 0 Å². The number of H-pyrrole nitrogens is 1. The van der Waals surface area contributed by atoms with Crippen LogP contribution in [0.3, 0.4) is 0 Å². The van der Waals surface area contributed by atoms with E-state index in [1.807, 2.05) is 61.7 Å². The van der Waals surface area contributed by atoms with E-state index in [0.717, 1.165) is 60.6 Å². The Kier molecular flexibility index (Phi) is 6.43. The van der Waals surface area contributed by atoms with Crippen molar-refractivity contribution in [2.45, 2.75) is 6.54 Å². The van der Waals surface area contributed by atoms with Crippen molar-refractivity contribution in [3.8, 4) is 11.1 Å². The average Bonchev–Trinajstić information content (AvgIpc) is 3.29. The molecule has 1 saturated heterocycles. The highest BCUT2D eigenvalue weighted by Gasteiger charge is 2.17. The van der Waals surface area contributed by atoms with Gasteiger partial charge < -0.3 is 15.1 Å². The van der Waals surface area contributed by atoms with Crippen LogP contribution in [0.15, 0.2) is 55.0 Å². The predicted molar refractivity (Wildman–Crippen MR) is 139 cm³/mol. The van der Waals surface area contributed by atoms with Gasteiger partial charge in [0.1, 0.15) is 5.82 Å². The van der Waals surface area contributed by atoms with Gasteiger partial charge in [-0.15, -0.1) is 0 Å². The van der Waals surface area contributed by atoms with Gasteiger partial charge in [-0.1, -0.05) is 6.07 Å². The first-order valence-corrected chi connectivity index (χ1v) is 11.7. The molecule has 3 aromatic heterocycles. The SMILES string of the molecule is CN1CCN(Cc2cncc(-c3ccc4[nH]nc(C(=O)Nc5ccc(N(C)C)nc5)c4c3)c2)CC1. The lowest BCUT2D eigenvalue weighted by molar-refractivity contribution is 0.102. The number of aromatic amines is 1. The second-order valence-corrected chi connectivity index (χ2v) is 9.25. The number of likely N-dealkylation sites (N-methyl/N-ethyl adjacent to an activating group) is 1. The highest BCUT2D eigenvalue weighted by molar-refractivity contribution is 6.11. The molecule has 9 heteroatoms. The maximum Gasteiger partial charge on any atom is 0.276 e. The maximum absolute atomic E-state index is 13.0. The molecule has 180 valence electrons. The Labute approximate surface area is 204 Å². The number of amides is 1. The third-order valence-electron chi connectivity index (χ3n) is 6.37. The standard InChI is InChI=1S/C26H30N8O/c1-32(2)24-7-5-21(16-28-24)29-26(35)25-22-13-19(4-6-23(22)30-31-25)20-12-18(14-27-15-20)17-34-10-8-33(3)9-11-34/h4-7,12-16H,8-11,17H2,1-3H3,(H,29,35)(H,30,31). The van der Waals surface area contributed by atoms with Gasteiger partial charge in [-0.2, -0.15) is 5.10 Å². The van der Waals surface area contributed by atoms with E-state index >= 15 is 0 Å². The zero-order valence-electron chi connectivity index (χ0n) is 20.3. The summed E-state index contributed by atoms with van der Waals surface area (Å²) in [6, 6.07) is 11.9. The Morgan fingerprint density at radius 1 is 1.03 bits per heavy atom. The number of fused-ring (bicyclic) bond motifs is 1. The second-order valence-electron chi connectivity index (χ2n) is 9.25. The van der Waals surface area contributed by atoms with Crippen LogP contribution in [0, 0.1) is 0 Å². The summed E-state index contributed by atoms with van der Waals surface area (Å²) in [6.45, 7) is 5.19. The van der Waals surface area contributed by atoms with Crippen molar-refractivity contribution < 1.29 is 4.79 Å². The third-order valence-corrected chi connectivity index (χ3v) is 6.37. The molecule has 35 heavy (non-hydrogen) atoms. The summed E-state index contributed by atoms with van der Waals surface area (Å²) in [5, 5.41) is 10.9. The van der Waals surface area contributed by atoms with Crippen molar-refractivity contribution in [2.75, 3.05) is 57.5 Å². The Balaban J connectivity index is 1.36. The van der Waals surface area contributed by atoms with E-state index in [1.54, 1.807) is 6.20 Å². The predicted octanol–water partition coefficient (Wildman–Crippen LogP) is 3.09. The highest BCUT2D eigenvalue weighted by atomic mass is 16.1. The summed E-state index contributed by atoms with van der Waals surface area (Å²) in [5.74, 6) is 0.538. The van der Waals surface area contributed by atoms with Gasteiger partial charge in [0.2, 0.25) is 0 Å². The fourth-order valence-electron chi connectivity index (χ4n) is 4.28. The first-order chi connectivity index (χ1) is 17.0. The number of hydrogen-bond acceptors (Lipinski definition) is 7. The lowest BCUT2D eigenvalue weighted by Crippen LogP contribution is -2.43. The highest BCUT2D eigenvalue weighted by Crippen LogP contribution is 2.26. The summed E-state index contributed by atoms with van der Waals surface area (Å²) in [7, 11) is 6.01. The zero-order valence-corrected chi connectivity index (χ0v) is 20.3. The average molecular weight is 471 g/mol. The van der Waals surface area contributed by atoms with Crippen molar-refractivity contribution in [3.05, 3.63) is 66.2 Å². The number of nitrogens with zero attached hydrogens (tertiary/aromatic N) is 6. The normalized spacial score (nSPS) is 14.8. The Morgan fingerprint density at radius 2 is 1.86 bits per heavy atom. The van der Waals surface area contributed by atoms with Crippen LogP contribution in [-0.2, 0) is 6.54 Å². The molecule has 0 bridgehead atoms. The van der Waals surface area contributed by atoms with Crippen LogP contribution in [0.4, 0.5) is 11.5 Å². The maximum atomic E-state index is 13.0. The van der Waals surface area contributed by atoms with Crippen LogP contribution >= 0.6 is 0 Å². The van der Waals surface area contributed by atoms with Gasteiger partial charge in [-0.3, -0.25) is 19.8 Å². The van der Waals surface area contributed by atoms with Crippen LogP contribution in [-0.4, -0.2) is 83.2 Å². The van der Waals surface area contributed by atoms with Crippen LogP contribution in [0.2, 0.25) is 0 Å². The van der Waals surface area contributed by atoms with Crippen LogP contribution in [0.1, 0.15) is 16.1 Å². The van der Waals surface area contributed by atoms with Crippen LogP contribution < -0.4 is 10.2 Å². The van der Waals surface area contributed by atoms with Crippen LogP contribution in [0.5, 0.6) is 0 Å². The summed E-state index contributed by atoms with van der Waals surface area (Å²) in [4.78, 5) is 28.6. The minimum absolute atomic E-state index is 0.283. The smallest absolute Gasteiger partial charge is 0.276 e. The van der Waals surface area contributed by atoms with E-state index in [-0.39, 0.29) is 5.91 Å². The molecule has 1 fully saturated rings. The Hall–Kier alpha value is -3.82. The number of carbonyl (C=O) groups excluding carboxylic acids is 1. The van der Waals surface area contributed by atoms with Gasteiger partial charge in [-0.25, -0.2) is 4.98 Å². The van der Waals surface area contributed by atoms with Gasteiger partial charge in [0.15, 0.2) is 5.69 Å². The number of aromatic nitrogens is 4. The van der Waals surface area contributed by atoms with E-state index < -0.39 is 0 Å². The molecule has 1 aliphatic heterocycles. The molecule has 0 saturated carbocycles. The van der Waals surface area contributed by atoms with E-state index in [2.05, 4.69) is 48.4 Å². The Morgan fingerprint density at radius 3 is 2.60 bits per heavy atom. The van der Waals surface area contributed by atoms with E-state index in [9.17, 15) is 4.79 Å². The topological polar surface area (TPSA) is 93.3 Å². The number of rotatable bonds is 6. The first kappa shape index (κ1) is 22.9. The second kappa shape index (κ2) is 9.81. The van der Waals surface area contributed by atoms with Crippen molar-refractivity contribution >= 4 is 28.3 Å². The summed E-state index contributed by atoms with van der Waals surface area (Å²) in [5.41, 5.74) is 4.98. The number of piperazine rings is 1. The first-order valence-electron chi connectivity index (χ1n) is 11.7. The molecule has 9 nitrogen and oxygen atoms in total. The molecule has 4 aromatic rings. The number of anilines is 2. The number of carbonyl (C=O) groups is 1. The molecule has 1 aliphatic rings. The molecule has 2 N–H and O–H groups in total. The minimum Gasteiger partial charge on any atom is -0.363 e. The monoisotopic (exact) mass is 470 g/mol. The van der Waals surface area contributed by atoms with Gasteiger partial charge in [0.05, 0.1) is 17.4 Å². The summed E-state index contributed by atoms with van der Waals surface area (Å²) >= 11 is 0. The Bertz CT molecular complexity index is 1320. The third kappa shape index (κ3) is 5.16. The zero-order chi connectivity index (χ0) is 24.4. The summed E-state index contributed by atoms with van der Waals surface area (Å²) in [6.07, 6.45) is 5.45. The number of pyridine rings is 2. The largest absolute Gasteiger partial charge is 0.363 e. The lowest BCUT2D eigenvalue weighted by atomic mass is 10.0. The lowest BCUT2D eigenvalue weighted by Gasteiger charge is -2.32. The number of benzene rings is 1. The molecule has 0 atom stereocenters. The molecule has 4 heterocycles. The van der Waals surface area contributed by atoms with Gasteiger partial charge in [0, 0.05) is 70.2 Å². The van der Waals surface area contributed by atoms with Gasteiger partial charge in [-0.05, 0) is 48.5 Å². The molecular weight excluding hydrogens is 440 g/mol. The minimum atomic E-state index is -0.283. The molecule has 0 aliphatic carbocycles. The molecule has 0 unspecified atom stereocenters.